The van der Waals surface area contributed by atoms with Gasteiger partial charge in [0.05, 0.1) is 17.4 Å². The van der Waals surface area contributed by atoms with Crippen molar-refractivity contribution in [2.45, 2.75) is 25.7 Å². The number of carboxylic acid groups (broad SMARTS) is 1. The molecule has 0 aromatic heterocycles. The lowest BCUT2D eigenvalue weighted by molar-refractivity contribution is -0.140. The van der Waals surface area contributed by atoms with E-state index in [0.717, 1.165) is 4.90 Å². The number of hydrogen-bond acceptors (Lipinski definition) is 4. The van der Waals surface area contributed by atoms with Crippen LogP contribution in [0.2, 0.25) is 0 Å². The summed E-state index contributed by atoms with van der Waals surface area (Å²) in [4.78, 5) is 24.8. The molecular formula is C17H20O4S. The van der Waals surface area contributed by atoms with Gasteiger partial charge in [0, 0.05) is 4.90 Å². The highest BCUT2D eigenvalue weighted by molar-refractivity contribution is 8.04. The minimum Gasteiger partial charge on any atom is -0.481 e. The minimum absolute atomic E-state index is 0.152. The van der Waals surface area contributed by atoms with Crippen molar-refractivity contribution >= 4 is 23.7 Å². The predicted octanol–water partition coefficient (Wildman–Crippen LogP) is 3.58. The average molecular weight is 320 g/mol. The number of carbonyl (C=O) groups is 2. The number of carboxylic acids is 1. The maximum absolute atomic E-state index is 12.1. The monoisotopic (exact) mass is 320 g/mol. The predicted molar refractivity (Wildman–Crippen MR) is 85.4 cm³/mol. The molecule has 0 heterocycles. The number of thioether (sulfide) groups is 1. The van der Waals surface area contributed by atoms with Crippen LogP contribution in [0.25, 0.3) is 0 Å². The Bertz CT molecular complexity index is 592. The lowest BCUT2D eigenvalue weighted by Gasteiger charge is -2.07. The lowest BCUT2D eigenvalue weighted by Crippen LogP contribution is -2.06. The van der Waals surface area contributed by atoms with Gasteiger partial charge in [0.25, 0.3) is 0 Å². The smallest absolute Gasteiger partial charge is 0.344 e. The Balaban J connectivity index is 2.24. The molecule has 1 aromatic carbocycles. The van der Waals surface area contributed by atoms with Gasteiger partial charge in [-0.3, -0.25) is 4.79 Å². The molecule has 1 aliphatic carbocycles. The van der Waals surface area contributed by atoms with E-state index in [0.29, 0.717) is 11.5 Å². The van der Waals surface area contributed by atoms with Crippen molar-refractivity contribution in [3.05, 3.63) is 41.3 Å². The second-order valence-electron chi connectivity index (χ2n) is 5.83. The molecule has 1 N–H and O–H groups in total. The van der Waals surface area contributed by atoms with Crippen LogP contribution in [-0.4, -0.2) is 23.7 Å². The molecule has 118 valence electrons. The van der Waals surface area contributed by atoms with Crippen LogP contribution in [0.1, 0.15) is 20.8 Å². The van der Waals surface area contributed by atoms with Gasteiger partial charge in [-0.2, -0.15) is 0 Å². The summed E-state index contributed by atoms with van der Waals surface area (Å²) in [6.07, 6.45) is 1.76. The summed E-state index contributed by atoms with van der Waals surface area (Å²) >= 11 is 1.31. The molecule has 0 aliphatic heterocycles. The Kier molecular flexibility index (Phi) is 4.96. The Hall–Kier alpha value is -1.75. The molecule has 1 aromatic rings. The first-order chi connectivity index (χ1) is 10.4. The van der Waals surface area contributed by atoms with E-state index < -0.39 is 17.9 Å². The number of hydrogen-bond donors (Lipinski definition) is 1. The summed E-state index contributed by atoms with van der Waals surface area (Å²) in [5.41, 5.74) is -0.333. The summed E-state index contributed by atoms with van der Waals surface area (Å²) in [5, 5.41) is 9.25. The van der Waals surface area contributed by atoms with E-state index in [9.17, 15) is 14.7 Å². The summed E-state index contributed by atoms with van der Waals surface area (Å²) in [5.74, 6) is -1.82. The second-order valence-corrected chi connectivity index (χ2v) is 6.94. The molecule has 0 radical (unpaired) electrons. The molecule has 22 heavy (non-hydrogen) atoms. The third-order valence-electron chi connectivity index (χ3n) is 3.96. The molecule has 2 unspecified atom stereocenters. The fourth-order valence-corrected chi connectivity index (χ4v) is 3.49. The Labute approximate surface area is 134 Å². The summed E-state index contributed by atoms with van der Waals surface area (Å²) in [6, 6.07) is 9.51. The molecule has 1 saturated carbocycles. The van der Waals surface area contributed by atoms with Gasteiger partial charge >= 0.3 is 11.9 Å². The zero-order chi connectivity index (χ0) is 16.3. The minimum atomic E-state index is -0.820. The van der Waals surface area contributed by atoms with Crippen molar-refractivity contribution in [3.8, 4) is 0 Å². The molecule has 2 rings (SSSR count). The van der Waals surface area contributed by atoms with E-state index in [1.54, 1.807) is 13.0 Å². The molecule has 5 heteroatoms. The highest BCUT2D eigenvalue weighted by Crippen LogP contribution is 2.59. The van der Waals surface area contributed by atoms with Gasteiger partial charge in [-0.05, 0) is 30.4 Å². The van der Waals surface area contributed by atoms with Gasteiger partial charge in [-0.15, -0.1) is 0 Å². The Morgan fingerprint density at radius 1 is 1.32 bits per heavy atom. The van der Waals surface area contributed by atoms with Crippen molar-refractivity contribution < 1.29 is 19.4 Å². The highest BCUT2D eigenvalue weighted by atomic mass is 32.2. The van der Waals surface area contributed by atoms with Crippen LogP contribution in [0.15, 0.2) is 46.2 Å². The number of benzene rings is 1. The molecule has 1 fully saturated rings. The number of esters is 1. The van der Waals surface area contributed by atoms with Gasteiger partial charge in [-0.1, -0.05) is 49.9 Å². The molecule has 1 aliphatic rings. The molecule has 4 nitrogen and oxygen atoms in total. The zero-order valence-electron chi connectivity index (χ0n) is 12.9. The first-order valence-electron chi connectivity index (χ1n) is 7.22. The van der Waals surface area contributed by atoms with Crippen LogP contribution in [0.5, 0.6) is 0 Å². The van der Waals surface area contributed by atoms with E-state index in [2.05, 4.69) is 0 Å². The van der Waals surface area contributed by atoms with Crippen LogP contribution < -0.4 is 0 Å². The topological polar surface area (TPSA) is 63.6 Å². The summed E-state index contributed by atoms with van der Waals surface area (Å²) < 4.78 is 5.09. The summed E-state index contributed by atoms with van der Waals surface area (Å²) in [7, 11) is 0. The quantitative estimate of drug-likeness (QED) is 0.493. The van der Waals surface area contributed by atoms with Crippen LogP contribution >= 0.6 is 11.8 Å². The maximum atomic E-state index is 12.1. The van der Waals surface area contributed by atoms with Crippen molar-refractivity contribution in [2.75, 3.05) is 6.61 Å². The van der Waals surface area contributed by atoms with Crippen molar-refractivity contribution in [1.82, 2.24) is 0 Å². The van der Waals surface area contributed by atoms with Crippen molar-refractivity contribution in [1.29, 1.82) is 0 Å². The van der Waals surface area contributed by atoms with E-state index in [4.69, 9.17) is 4.74 Å². The molecule has 2 atom stereocenters. The SMILES string of the molecule is CCOC(=O)/C(=C/C1C(C(=O)O)C1(C)C)Sc1ccccc1. The van der Waals surface area contributed by atoms with Crippen LogP contribution in [0, 0.1) is 17.3 Å². The fourth-order valence-electron chi connectivity index (χ4n) is 2.58. The number of aliphatic carboxylic acids is 1. The van der Waals surface area contributed by atoms with E-state index >= 15 is 0 Å². The Morgan fingerprint density at radius 3 is 2.45 bits per heavy atom. The van der Waals surface area contributed by atoms with Gasteiger partial charge in [0.15, 0.2) is 0 Å². The highest BCUT2D eigenvalue weighted by Gasteiger charge is 2.61. The fraction of sp³-hybridized carbons (Fsp3) is 0.412. The second kappa shape index (κ2) is 6.57. The molecule has 0 spiro atoms. The van der Waals surface area contributed by atoms with Crippen LogP contribution in [0.4, 0.5) is 0 Å². The molecule has 0 amide bonds. The van der Waals surface area contributed by atoms with Gasteiger partial charge < -0.3 is 9.84 Å². The first-order valence-corrected chi connectivity index (χ1v) is 8.04. The van der Waals surface area contributed by atoms with Crippen molar-refractivity contribution in [2.24, 2.45) is 17.3 Å². The first kappa shape index (κ1) is 16.6. The van der Waals surface area contributed by atoms with Crippen LogP contribution in [-0.2, 0) is 14.3 Å². The number of ether oxygens (including phenoxy) is 1. The van der Waals surface area contributed by atoms with Crippen molar-refractivity contribution in [3.63, 3.8) is 0 Å². The molecule has 0 saturated heterocycles. The molecule has 0 bridgehead atoms. The van der Waals surface area contributed by atoms with E-state index in [-0.39, 0.29) is 11.3 Å². The van der Waals surface area contributed by atoms with Gasteiger partial charge in [0.1, 0.15) is 0 Å². The normalized spacial score (nSPS) is 23.0. The third-order valence-corrected chi connectivity index (χ3v) is 4.99. The van der Waals surface area contributed by atoms with E-state index in [1.807, 2.05) is 44.2 Å². The largest absolute Gasteiger partial charge is 0.481 e. The number of allylic oxidation sites excluding steroid dienone is 1. The van der Waals surface area contributed by atoms with E-state index in [1.165, 1.54) is 11.8 Å². The zero-order valence-corrected chi connectivity index (χ0v) is 13.7. The molecular weight excluding hydrogens is 300 g/mol. The summed E-state index contributed by atoms with van der Waals surface area (Å²) in [6.45, 7) is 5.86. The van der Waals surface area contributed by atoms with Gasteiger partial charge in [0.2, 0.25) is 0 Å². The van der Waals surface area contributed by atoms with Gasteiger partial charge in [-0.25, -0.2) is 4.79 Å². The number of rotatable bonds is 6. The lowest BCUT2D eigenvalue weighted by atomic mass is 10.1. The number of carbonyl (C=O) groups excluding carboxylic acids is 1. The maximum Gasteiger partial charge on any atom is 0.344 e. The standard InChI is InChI=1S/C17H20O4S/c1-4-21-16(20)13(22-11-8-6-5-7-9-11)10-12-14(15(18)19)17(12,2)3/h5-10,12,14H,4H2,1-3H3,(H,18,19)/b13-10-. The third kappa shape index (κ3) is 3.53. The van der Waals surface area contributed by atoms with Crippen LogP contribution in [0.3, 0.4) is 0 Å². The average Bonchev–Trinajstić information content (AvgIpc) is 3.01. The Morgan fingerprint density at radius 2 is 1.95 bits per heavy atom.